The summed E-state index contributed by atoms with van der Waals surface area (Å²) in [5, 5.41) is 7.41. The average Bonchev–Trinajstić information content (AvgIpc) is 2.49. The van der Waals surface area contributed by atoms with E-state index in [1.54, 1.807) is 10.6 Å². The van der Waals surface area contributed by atoms with Gasteiger partial charge in [-0.1, -0.05) is 0 Å². The summed E-state index contributed by atoms with van der Waals surface area (Å²) < 4.78 is 1.56. The number of fused-ring (bicyclic) bond motifs is 1. The van der Waals surface area contributed by atoms with Crippen LogP contribution in [0.1, 0.15) is 5.82 Å². The van der Waals surface area contributed by atoms with Gasteiger partial charge in [0.2, 0.25) is 5.65 Å². The molecule has 0 aromatic carbocycles. The molecule has 0 fully saturated rings. The molecule has 0 aliphatic rings. The monoisotopic (exact) mass is 184 g/mol. The highest BCUT2D eigenvalue weighted by Gasteiger charge is 2.05. The van der Waals surface area contributed by atoms with Crippen LogP contribution >= 0.6 is 11.6 Å². The molecule has 2 heterocycles. The highest BCUT2D eigenvalue weighted by atomic mass is 35.5. The molecule has 12 heavy (non-hydrogen) atoms. The van der Waals surface area contributed by atoms with E-state index in [9.17, 15) is 4.79 Å². The van der Waals surface area contributed by atoms with Crippen LogP contribution in [-0.4, -0.2) is 19.6 Å². The molecule has 0 saturated heterocycles. The summed E-state index contributed by atoms with van der Waals surface area (Å²) in [6.07, 6.45) is 3.18. The first-order valence-corrected chi connectivity index (χ1v) is 3.83. The molecule has 6 heteroatoms. The number of aromatic amines is 1. The Hall–Kier alpha value is -1.36. The molecule has 0 aliphatic carbocycles. The number of hydrogen-bond acceptors (Lipinski definition) is 3. The van der Waals surface area contributed by atoms with Crippen LogP contribution in [0.2, 0.25) is 0 Å². The van der Waals surface area contributed by atoms with Crippen molar-refractivity contribution in [1.29, 1.82) is 0 Å². The predicted octanol–water partition coefficient (Wildman–Crippen LogP) is 0.156. The average molecular weight is 185 g/mol. The predicted molar refractivity (Wildman–Crippen MR) is 43.2 cm³/mol. The van der Waals surface area contributed by atoms with Crippen LogP contribution in [-0.2, 0) is 5.88 Å². The topological polar surface area (TPSA) is 63.0 Å². The SMILES string of the molecule is O=c1[nH]ccn2c(CCl)nnc12. The summed E-state index contributed by atoms with van der Waals surface area (Å²) >= 11 is 5.56. The molecule has 0 saturated carbocycles. The van der Waals surface area contributed by atoms with Gasteiger partial charge in [-0.15, -0.1) is 21.8 Å². The number of rotatable bonds is 1. The summed E-state index contributed by atoms with van der Waals surface area (Å²) in [6, 6.07) is 0. The third-order valence-electron chi connectivity index (χ3n) is 1.53. The molecular weight excluding hydrogens is 180 g/mol. The van der Waals surface area contributed by atoms with Crippen LogP contribution < -0.4 is 5.56 Å². The van der Waals surface area contributed by atoms with Crippen molar-refractivity contribution < 1.29 is 0 Å². The Morgan fingerprint density at radius 3 is 3.17 bits per heavy atom. The number of nitrogens with one attached hydrogen (secondary N) is 1. The van der Waals surface area contributed by atoms with Gasteiger partial charge in [0.25, 0.3) is 5.56 Å². The molecule has 1 N–H and O–H groups in total. The van der Waals surface area contributed by atoms with Gasteiger partial charge < -0.3 is 4.98 Å². The van der Waals surface area contributed by atoms with Crippen molar-refractivity contribution in [2.75, 3.05) is 0 Å². The molecule has 5 nitrogen and oxygen atoms in total. The van der Waals surface area contributed by atoms with Crippen molar-refractivity contribution in [3.8, 4) is 0 Å². The fourth-order valence-electron chi connectivity index (χ4n) is 0.978. The van der Waals surface area contributed by atoms with E-state index >= 15 is 0 Å². The van der Waals surface area contributed by atoms with E-state index in [2.05, 4.69) is 15.2 Å². The number of nitrogens with zero attached hydrogens (tertiary/aromatic N) is 3. The maximum absolute atomic E-state index is 11.1. The molecule has 2 aromatic rings. The largest absolute Gasteiger partial charge is 0.324 e. The van der Waals surface area contributed by atoms with E-state index in [1.165, 1.54) is 6.20 Å². The summed E-state index contributed by atoms with van der Waals surface area (Å²) in [6.45, 7) is 0. The van der Waals surface area contributed by atoms with Gasteiger partial charge >= 0.3 is 0 Å². The van der Waals surface area contributed by atoms with E-state index in [-0.39, 0.29) is 17.1 Å². The lowest BCUT2D eigenvalue weighted by Crippen LogP contribution is -2.09. The van der Waals surface area contributed by atoms with Crippen molar-refractivity contribution in [1.82, 2.24) is 19.6 Å². The first kappa shape index (κ1) is 7.30. The molecule has 0 bridgehead atoms. The highest BCUT2D eigenvalue weighted by Crippen LogP contribution is 1.99. The van der Waals surface area contributed by atoms with Gasteiger partial charge in [0, 0.05) is 12.4 Å². The van der Waals surface area contributed by atoms with Crippen LogP contribution in [0.5, 0.6) is 0 Å². The maximum Gasteiger partial charge on any atom is 0.293 e. The van der Waals surface area contributed by atoms with Crippen LogP contribution in [0.15, 0.2) is 17.2 Å². The zero-order valence-electron chi connectivity index (χ0n) is 5.99. The molecule has 0 amide bonds. The standard InChI is InChI=1S/C6H5ClN4O/c7-3-4-9-10-5-6(12)8-1-2-11(4)5/h1-2H,3H2,(H,8,12). The van der Waals surface area contributed by atoms with Crippen molar-refractivity contribution in [2.45, 2.75) is 5.88 Å². The van der Waals surface area contributed by atoms with Gasteiger partial charge in [-0.2, -0.15) is 0 Å². The molecule has 0 aliphatic heterocycles. The minimum atomic E-state index is -0.263. The van der Waals surface area contributed by atoms with E-state index < -0.39 is 0 Å². The van der Waals surface area contributed by atoms with E-state index in [0.717, 1.165) is 0 Å². The Morgan fingerprint density at radius 1 is 1.58 bits per heavy atom. The van der Waals surface area contributed by atoms with Crippen LogP contribution in [0.4, 0.5) is 0 Å². The lowest BCUT2D eigenvalue weighted by atomic mass is 10.6. The Morgan fingerprint density at radius 2 is 2.42 bits per heavy atom. The van der Waals surface area contributed by atoms with Crippen molar-refractivity contribution >= 4 is 17.2 Å². The van der Waals surface area contributed by atoms with E-state index in [1.807, 2.05) is 0 Å². The van der Waals surface area contributed by atoms with Crippen molar-refractivity contribution in [2.24, 2.45) is 0 Å². The Labute approximate surface area is 72.0 Å². The van der Waals surface area contributed by atoms with Gasteiger partial charge in [0.1, 0.15) is 0 Å². The second-order valence-electron chi connectivity index (χ2n) is 2.23. The van der Waals surface area contributed by atoms with Crippen molar-refractivity contribution in [3.05, 3.63) is 28.6 Å². The van der Waals surface area contributed by atoms with Crippen molar-refractivity contribution in [3.63, 3.8) is 0 Å². The number of halogens is 1. The summed E-state index contributed by atoms with van der Waals surface area (Å²) in [5.74, 6) is 0.808. The molecule has 2 aromatic heterocycles. The lowest BCUT2D eigenvalue weighted by molar-refractivity contribution is 0.979. The van der Waals surface area contributed by atoms with Gasteiger partial charge in [0.05, 0.1) is 5.88 Å². The summed E-state index contributed by atoms with van der Waals surface area (Å²) in [5.41, 5.74) is 0.00881. The van der Waals surface area contributed by atoms with E-state index in [4.69, 9.17) is 11.6 Å². The van der Waals surface area contributed by atoms with Crippen LogP contribution in [0, 0.1) is 0 Å². The minimum Gasteiger partial charge on any atom is -0.324 e. The molecule has 2 rings (SSSR count). The van der Waals surface area contributed by atoms with Gasteiger partial charge in [-0.05, 0) is 0 Å². The van der Waals surface area contributed by atoms with Gasteiger partial charge in [-0.25, -0.2) is 0 Å². The molecule has 0 unspecified atom stereocenters. The van der Waals surface area contributed by atoms with Crippen LogP contribution in [0.25, 0.3) is 5.65 Å². The fourth-order valence-corrected chi connectivity index (χ4v) is 1.16. The number of alkyl halides is 1. The number of aromatic nitrogens is 4. The van der Waals surface area contributed by atoms with Crippen LogP contribution in [0.3, 0.4) is 0 Å². The Bertz CT molecular complexity index is 460. The number of H-pyrrole nitrogens is 1. The second-order valence-corrected chi connectivity index (χ2v) is 2.50. The van der Waals surface area contributed by atoms with Gasteiger partial charge in [-0.3, -0.25) is 9.20 Å². The minimum absolute atomic E-state index is 0.241. The first-order chi connectivity index (χ1) is 5.83. The zero-order valence-corrected chi connectivity index (χ0v) is 6.75. The lowest BCUT2D eigenvalue weighted by Gasteiger charge is -1.91. The normalized spacial score (nSPS) is 10.8. The molecule has 0 radical (unpaired) electrons. The molecular formula is C6H5ClN4O. The van der Waals surface area contributed by atoms with Gasteiger partial charge in [0.15, 0.2) is 5.82 Å². The second kappa shape index (κ2) is 2.60. The Kier molecular flexibility index (Phi) is 1.58. The summed E-state index contributed by atoms with van der Waals surface area (Å²) in [7, 11) is 0. The quantitative estimate of drug-likeness (QED) is 0.642. The third-order valence-corrected chi connectivity index (χ3v) is 1.77. The van der Waals surface area contributed by atoms with E-state index in [0.29, 0.717) is 5.82 Å². The number of hydrogen-bond donors (Lipinski definition) is 1. The maximum atomic E-state index is 11.1. The summed E-state index contributed by atoms with van der Waals surface area (Å²) in [4.78, 5) is 13.6. The highest BCUT2D eigenvalue weighted by molar-refractivity contribution is 6.16. The zero-order chi connectivity index (χ0) is 8.55. The first-order valence-electron chi connectivity index (χ1n) is 3.30. The third kappa shape index (κ3) is 0.902. The molecule has 62 valence electrons. The Balaban J connectivity index is 2.89. The smallest absolute Gasteiger partial charge is 0.293 e. The fraction of sp³-hybridized carbons (Fsp3) is 0.167. The molecule has 0 atom stereocenters. The molecule has 0 spiro atoms.